The van der Waals surface area contributed by atoms with Crippen LogP contribution in [0.25, 0.3) is 0 Å². The third-order valence-electron chi connectivity index (χ3n) is 4.05. The minimum Gasteiger partial charge on any atom is -0.506 e. The van der Waals surface area contributed by atoms with Gasteiger partial charge in [-0.2, -0.15) is 0 Å². The number of carboxylic acids is 1. The molecule has 1 aromatic heterocycles. The largest absolute Gasteiger partial charge is 0.506 e. The molecule has 0 aromatic carbocycles. The third-order valence-corrected chi connectivity index (χ3v) is 4.51. The lowest BCUT2D eigenvalue weighted by atomic mass is 10.1. The maximum atomic E-state index is 11.9. The Labute approximate surface area is 143 Å². The summed E-state index contributed by atoms with van der Waals surface area (Å²) in [4.78, 5) is 44.4. The van der Waals surface area contributed by atoms with Crippen LogP contribution in [0.1, 0.15) is 29.7 Å². The number of rotatable bonds is 7. The van der Waals surface area contributed by atoms with Gasteiger partial charge in [0.1, 0.15) is 5.75 Å². The van der Waals surface area contributed by atoms with Crippen molar-refractivity contribution in [1.82, 2.24) is 10.3 Å². The van der Waals surface area contributed by atoms with E-state index in [1.807, 2.05) is 0 Å². The van der Waals surface area contributed by atoms with Crippen LogP contribution in [0.3, 0.4) is 0 Å². The second-order valence-electron chi connectivity index (χ2n) is 5.83. The smallest absolute Gasteiger partial charge is 0.469 e. The number of aromatic nitrogens is 1. The number of ketones is 1. The highest BCUT2D eigenvalue weighted by Gasteiger charge is 2.36. The standard InChI is InChI=1S/C14H19N2O8P/c1-7-13(18)10(9(4-15-7)6-24-25(21,22)23)5-16-11-2-8(14(19)20)3-12(11)17/h4,8,11,16,18H,2-3,5-6H2,1H3,(H,19,20)(H2,21,22,23)/t8-,11+/m1/s1. The van der Waals surface area contributed by atoms with Crippen molar-refractivity contribution in [3.63, 3.8) is 0 Å². The number of aryl methyl sites for hydroxylation is 1. The number of Topliss-reactive ketones (excluding diaryl/α,β-unsaturated/α-hetero) is 1. The number of aliphatic carboxylic acids is 1. The predicted molar refractivity (Wildman–Crippen MR) is 83.5 cm³/mol. The fourth-order valence-electron chi connectivity index (χ4n) is 2.65. The highest BCUT2D eigenvalue weighted by molar-refractivity contribution is 7.46. The zero-order chi connectivity index (χ0) is 18.8. The molecule has 0 unspecified atom stereocenters. The van der Waals surface area contributed by atoms with Gasteiger partial charge in [-0.3, -0.25) is 19.1 Å². The van der Waals surface area contributed by atoms with Crippen LogP contribution in [0.15, 0.2) is 6.20 Å². The van der Waals surface area contributed by atoms with Gasteiger partial charge in [0.15, 0.2) is 5.78 Å². The Balaban J connectivity index is 2.12. The van der Waals surface area contributed by atoms with E-state index in [0.717, 1.165) is 0 Å². The van der Waals surface area contributed by atoms with Crippen molar-refractivity contribution in [2.45, 2.75) is 39.0 Å². The number of carboxylic acid groups (broad SMARTS) is 1. The average molecular weight is 374 g/mol. The second-order valence-corrected chi connectivity index (χ2v) is 7.07. The minimum absolute atomic E-state index is 0.00219. The summed E-state index contributed by atoms with van der Waals surface area (Å²) in [6.45, 7) is 1.07. The zero-order valence-electron chi connectivity index (χ0n) is 13.4. The number of hydrogen-bond donors (Lipinski definition) is 5. The van der Waals surface area contributed by atoms with Crippen LogP contribution in [0.2, 0.25) is 0 Å². The Morgan fingerprint density at radius 3 is 2.72 bits per heavy atom. The summed E-state index contributed by atoms with van der Waals surface area (Å²) in [5, 5.41) is 22.0. The fraction of sp³-hybridized carbons (Fsp3) is 0.500. The Hall–Kier alpha value is -1.84. The fourth-order valence-corrected chi connectivity index (χ4v) is 2.96. The Bertz CT molecular complexity index is 732. The van der Waals surface area contributed by atoms with Crippen molar-refractivity contribution in [3.05, 3.63) is 23.0 Å². The first-order chi connectivity index (χ1) is 11.6. The molecule has 0 spiro atoms. The molecule has 5 N–H and O–H groups in total. The van der Waals surface area contributed by atoms with E-state index in [2.05, 4.69) is 14.8 Å². The van der Waals surface area contributed by atoms with E-state index in [1.54, 1.807) is 6.92 Å². The summed E-state index contributed by atoms with van der Waals surface area (Å²) >= 11 is 0. The molecule has 10 nitrogen and oxygen atoms in total. The molecule has 25 heavy (non-hydrogen) atoms. The summed E-state index contributed by atoms with van der Waals surface area (Å²) in [6, 6.07) is -0.662. The molecule has 0 radical (unpaired) electrons. The summed E-state index contributed by atoms with van der Waals surface area (Å²) in [5.74, 6) is -2.18. The molecular weight excluding hydrogens is 355 g/mol. The summed E-state index contributed by atoms with van der Waals surface area (Å²) in [7, 11) is -4.70. The lowest BCUT2D eigenvalue weighted by Crippen LogP contribution is -2.32. The van der Waals surface area contributed by atoms with E-state index in [4.69, 9.17) is 14.9 Å². The Morgan fingerprint density at radius 2 is 2.16 bits per heavy atom. The van der Waals surface area contributed by atoms with Gasteiger partial charge in [0.05, 0.1) is 24.3 Å². The molecule has 1 fully saturated rings. The van der Waals surface area contributed by atoms with Gasteiger partial charge in [0.2, 0.25) is 0 Å². The van der Waals surface area contributed by atoms with E-state index in [9.17, 15) is 19.3 Å². The van der Waals surface area contributed by atoms with Crippen molar-refractivity contribution < 1.29 is 38.7 Å². The number of phosphoric acid groups is 1. The topological polar surface area (TPSA) is 166 Å². The van der Waals surface area contributed by atoms with Gasteiger partial charge in [0, 0.05) is 30.3 Å². The van der Waals surface area contributed by atoms with Gasteiger partial charge in [0.25, 0.3) is 0 Å². The average Bonchev–Trinajstić information content (AvgIpc) is 2.88. The summed E-state index contributed by atoms with van der Waals surface area (Å²) in [5.41, 5.74) is 0.838. The van der Waals surface area contributed by atoms with Crippen molar-refractivity contribution >= 4 is 19.6 Å². The van der Waals surface area contributed by atoms with Crippen LogP contribution in [0, 0.1) is 12.8 Å². The lowest BCUT2D eigenvalue weighted by molar-refractivity contribution is -0.142. The normalized spacial score (nSPS) is 20.8. The van der Waals surface area contributed by atoms with Crippen molar-refractivity contribution in [2.24, 2.45) is 5.92 Å². The maximum absolute atomic E-state index is 11.9. The molecule has 1 aromatic rings. The maximum Gasteiger partial charge on any atom is 0.469 e. The molecule has 0 amide bonds. The van der Waals surface area contributed by atoms with E-state index in [0.29, 0.717) is 5.69 Å². The molecule has 1 aliphatic carbocycles. The van der Waals surface area contributed by atoms with Gasteiger partial charge in [-0.15, -0.1) is 0 Å². The number of carbonyl (C=O) groups is 2. The molecule has 0 aliphatic heterocycles. The van der Waals surface area contributed by atoms with Gasteiger partial charge >= 0.3 is 13.8 Å². The van der Waals surface area contributed by atoms with Crippen LogP contribution in [0.4, 0.5) is 0 Å². The number of pyridine rings is 1. The third kappa shape index (κ3) is 5.07. The first-order valence-electron chi connectivity index (χ1n) is 7.43. The molecule has 1 aliphatic rings. The van der Waals surface area contributed by atoms with Gasteiger partial charge in [-0.25, -0.2) is 4.57 Å². The van der Waals surface area contributed by atoms with E-state index < -0.39 is 32.4 Å². The molecule has 1 saturated carbocycles. The number of carbonyl (C=O) groups excluding carboxylic acids is 1. The van der Waals surface area contributed by atoms with E-state index in [-0.39, 0.29) is 42.0 Å². The molecular formula is C14H19N2O8P. The highest BCUT2D eigenvalue weighted by atomic mass is 31.2. The van der Waals surface area contributed by atoms with Gasteiger partial charge in [-0.1, -0.05) is 0 Å². The van der Waals surface area contributed by atoms with Crippen LogP contribution >= 0.6 is 7.82 Å². The molecule has 0 bridgehead atoms. The van der Waals surface area contributed by atoms with Crippen molar-refractivity contribution in [1.29, 1.82) is 0 Å². The molecule has 2 atom stereocenters. The SMILES string of the molecule is Cc1ncc(COP(=O)(O)O)c(CN[C@H]2C[C@@H](C(=O)O)CC2=O)c1O. The van der Waals surface area contributed by atoms with E-state index in [1.165, 1.54) is 6.20 Å². The quantitative estimate of drug-likeness (QED) is 0.417. The second kappa shape index (κ2) is 7.59. The van der Waals surface area contributed by atoms with Crippen LogP contribution in [-0.4, -0.2) is 42.8 Å². The summed E-state index contributed by atoms with van der Waals surface area (Å²) in [6.07, 6.45) is 1.41. The molecule has 0 saturated heterocycles. The molecule has 2 rings (SSSR count). The zero-order valence-corrected chi connectivity index (χ0v) is 14.3. The summed E-state index contributed by atoms with van der Waals surface area (Å²) < 4.78 is 15.3. The van der Waals surface area contributed by atoms with Crippen LogP contribution < -0.4 is 5.32 Å². The number of phosphoric ester groups is 1. The number of aromatic hydroxyl groups is 1. The minimum atomic E-state index is -4.70. The first kappa shape index (κ1) is 19.5. The molecule has 1 heterocycles. The van der Waals surface area contributed by atoms with Crippen molar-refractivity contribution in [3.8, 4) is 5.75 Å². The van der Waals surface area contributed by atoms with Gasteiger partial charge < -0.3 is 25.3 Å². The molecule has 11 heteroatoms. The molecule has 138 valence electrons. The lowest BCUT2D eigenvalue weighted by Gasteiger charge is -2.16. The Morgan fingerprint density at radius 1 is 1.48 bits per heavy atom. The van der Waals surface area contributed by atoms with E-state index >= 15 is 0 Å². The van der Waals surface area contributed by atoms with Crippen LogP contribution in [-0.2, 0) is 31.8 Å². The number of hydrogen-bond acceptors (Lipinski definition) is 7. The Kier molecular flexibility index (Phi) is 5.91. The van der Waals surface area contributed by atoms with Crippen LogP contribution in [0.5, 0.6) is 5.75 Å². The first-order valence-corrected chi connectivity index (χ1v) is 8.97. The van der Waals surface area contributed by atoms with Crippen molar-refractivity contribution in [2.75, 3.05) is 0 Å². The number of nitrogens with zero attached hydrogens (tertiary/aromatic N) is 1. The van der Waals surface area contributed by atoms with Gasteiger partial charge in [-0.05, 0) is 13.3 Å². The number of nitrogens with one attached hydrogen (secondary N) is 1. The highest BCUT2D eigenvalue weighted by Crippen LogP contribution is 2.38. The monoisotopic (exact) mass is 374 g/mol. The predicted octanol–water partition coefficient (Wildman–Crippen LogP) is 0.227.